The monoisotopic (exact) mass is 484 g/mol. The van der Waals surface area contributed by atoms with E-state index in [1.807, 2.05) is 27.8 Å². The fraction of sp³-hybridized carbons (Fsp3) is 0.962. The molecule has 8 atom stereocenters. The van der Waals surface area contributed by atoms with E-state index in [-0.39, 0.29) is 17.7 Å². The van der Waals surface area contributed by atoms with Gasteiger partial charge in [-0.3, -0.25) is 4.79 Å². The van der Waals surface area contributed by atoms with Crippen LogP contribution >= 0.6 is 0 Å². The Hall–Kier alpha value is -0.770. The molecule has 3 aliphatic rings. The number of piperidine rings is 1. The average molecular weight is 485 g/mol. The van der Waals surface area contributed by atoms with Gasteiger partial charge in [0.05, 0.1) is 17.6 Å². The largest absolute Gasteiger partial charge is 0.459 e. The molecule has 8 heteroatoms. The Kier molecular flexibility index (Phi) is 8.74. The maximum atomic E-state index is 13.3. The number of carbonyl (C=O) groups excluding carboxylic acids is 1. The first kappa shape index (κ1) is 27.8. The van der Waals surface area contributed by atoms with Gasteiger partial charge in [0.1, 0.15) is 17.8 Å². The predicted octanol–water partition coefficient (Wildman–Crippen LogP) is 2.45. The highest BCUT2D eigenvalue weighted by molar-refractivity contribution is 5.73. The van der Waals surface area contributed by atoms with Crippen LogP contribution in [0.3, 0.4) is 0 Å². The van der Waals surface area contributed by atoms with Crippen LogP contribution in [-0.4, -0.2) is 89.1 Å². The number of aliphatic hydroxyl groups excluding tert-OH is 1. The van der Waals surface area contributed by atoms with E-state index in [1.54, 1.807) is 6.92 Å². The van der Waals surface area contributed by atoms with Gasteiger partial charge < -0.3 is 34.6 Å². The Balaban J connectivity index is 1.98. The van der Waals surface area contributed by atoms with Gasteiger partial charge in [-0.2, -0.15) is 0 Å². The van der Waals surface area contributed by atoms with Crippen molar-refractivity contribution in [3.8, 4) is 0 Å². The van der Waals surface area contributed by atoms with Crippen LogP contribution in [0, 0.1) is 11.8 Å². The minimum absolute atomic E-state index is 0.298. The van der Waals surface area contributed by atoms with Crippen molar-refractivity contribution in [1.29, 1.82) is 0 Å². The fourth-order valence-electron chi connectivity index (χ4n) is 6.22. The maximum Gasteiger partial charge on any atom is 0.311 e. The molecule has 0 aromatic heterocycles. The predicted molar refractivity (Wildman–Crippen MR) is 130 cm³/mol. The number of aliphatic hydroxyl groups is 2. The van der Waals surface area contributed by atoms with Crippen molar-refractivity contribution in [3.05, 3.63) is 0 Å². The smallest absolute Gasteiger partial charge is 0.311 e. The Morgan fingerprint density at radius 2 is 1.79 bits per heavy atom. The van der Waals surface area contributed by atoms with Crippen LogP contribution in [0.25, 0.3) is 0 Å². The molecule has 34 heavy (non-hydrogen) atoms. The van der Waals surface area contributed by atoms with Gasteiger partial charge in [0.25, 0.3) is 0 Å². The summed E-state index contributed by atoms with van der Waals surface area (Å²) in [5.74, 6) is -1.33. The molecule has 0 unspecified atom stereocenters. The molecular formula is C26H48N2O6. The number of cyclic esters (lactones) is 1. The normalized spacial score (nSPS) is 45.3. The van der Waals surface area contributed by atoms with Gasteiger partial charge in [0.2, 0.25) is 0 Å². The third-order valence-electron chi connectivity index (χ3n) is 8.46. The van der Waals surface area contributed by atoms with E-state index in [1.165, 1.54) is 0 Å². The van der Waals surface area contributed by atoms with E-state index in [0.29, 0.717) is 18.8 Å². The third kappa shape index (κ3) is 5.95. The lowest BCUT2D eigenvalue weighted by molar-refractivity contribution is -0.302. The summed E-state index contributed by atoms with van der Waals surface area (Å²) in [5, 5.41) is 25.8. The second-order valence-electron chi connectivity index (χ2n) is 11.7. The lowest BCUT2D eigenvalue weighted by atomic mass is 9.85. The number of carbonyl (C=O) groups is 1. The first-order valence-electron chi connectivity index (χ1n) is 13.2. The number of hydrogen-bond donors (Lipinski definition) is 3. The number of likely N-dealkylation sites (N-methyl/N-ethyl adjacent to an activating group) is 1. The van der Waals surface area contributed by atoms with Crippen LogP contribution in [0.5, 0.6) is 0 Å². The first-order chi connectivity index (χ1) is 15.8. The number of ether oxygens (including phenoxy) is 3. The van der Waals surface area contributed by atoms with Gasteiger partial charge in [0.15, 0.2) is 5.79 Å². The average Bonchev–Trinajstić information content (AvgIpc) is 2.91. The molecule has 2 bridgehead atoms. The molecule has 3 heterocycles. The molecule has 0 saturated carbocycles. The molecule has 3 saturated heterocycles. The van der Waals surface area contributed by atoms with Crippen LogP contribution in [0.2, 0.25) is 0 Å². The van der Waals surface area contributed by atoms with Gasteiger partial charge in [-0.15, -0.1) is 0 Å². The molecule has 0 aromatic carbocycles. The molecule has 3 rings (SSSR count). The highest BCUT2D eigenvalue weighted by Crippen LogP contribution is 2.42. The SMILES string of the molecule is CC[C@H]1OC(=O)[C@H](C)[C@@H]2CC[C@](C)(C[C@@H](C)CN(C)[C@H](C)[C@@H](O)[C@]1(C)O)OC1(CCNCC1)O2. The van der Waals surface area contributed by atoms with Crippen molar-refractivity contribution >= 4 is 5.97 Å². The van der Waals surface area contributed by atoms with Gasteiger partial charge in [0, 0.05) is 38.5 Å². The molecule has 0 amide bonds. The zero-order chi connectivity index (χ0) is 25.3. The minimum Gasteiger partial charge on any atom is -0.459 e. The van der Waals surface area contributed by atoms with Crippen LogP contribution in [-0.2, 0) is 19.0 Å². The number of nitrogens with zero attached hydrogens (tertiary/aromatic N) is 1. The number of hydrogen-bond acceptors (Lipinski definition) is 8. The highest BCUT2D eigenvalue weighted by atomic mass is 16.7. The van der Waals surface area contributed by atoms with Crippen LogP contribution in [0.15, 0.2) is 0 Å². The summed E-state index contributed by atoms with van der Waals surface area (Å²) in [4.78, 5) is 15.4. The van der Waals surface area contributed by atoms with Crippen LogP contribution in [0.1, 0.15) is 80.1 Å². The summed E-state index contributed by atoms with van der Waals surface area (Å²) >= 11 is 0. The standard InChI is InChI=1S/C26H48N2O6/c1-8-21-25(6,31)22(29)19(4)28(7)16-17(2)15-24(5)10-9-20(18(3)23(30)32-21)33-26(34-24)11-13-27-14-12-26/h17-22,27,29,31H,8-16H2,1-7H3/t17-,18-,19-,20+,21-,22-,24-,25-/m1/s1. The first-order valence-corrected chi connectivity index (χ1v) is 13.2. The summed E-state index contributed by atoms with van der Waals surface area (Å²) < 4.78 is 19.4. The highest BCUT2D eigenvalue weighted by Gasteiger charge is 2.50. The van der Waals surface area contributed by atoms with Gasteiger partial charge in [-0.05, 0) is 66.3 Å². The summed E-state index contributed by atoms with van der Waals surface area (Å²) in [5.41, 5.74) is -1.96. The zero-order valence-corrected chi connectivity index (χ0v) is 22.3. The van der Waals surface area contributed by atoms with E-state index in [4.69, 9.17) is 14.2 Å². The van der Waals surface area contributed by atoms with Crippen molar-refractivity contribution < 1.29 is 29.2 Å². The van der Waals surface area contributed by atoms with Crippen molar-refractivity contribution in [2.45, 2.75) is 121 Å². The van der Waals surface area contributed by atoms with E-state index in [9.17, 15) is 15.0 Å². The van der Waals surface area contributed by atoms with E-state index in [2.05, 4.69) is 24.1 Å². The number of esters is 1. The molecular weight excluding hydrogens is 436 g/mol. The molecule has 3 aliphatic heterocycles. The molecule has 8 nitrogen and oxygen atoms in total. The van der Waals surface area contributed by atoms with E-state index >= 15 is 0 Å². The number of nitrogens with one attached hydrogen (secondary N) is 1. The van der Waals surface area contributed by atoms with Crippen molar-refractivity contribution in [2.24, 2.45) is 11.8 Å². The molecule has 3 N–H and O–H groups in total. The van der Waals surface area contributed by atoms with Crippen molar-refractivity contribution in [3.63, 3.8) is 0 Å². The summed E-state index contributed by atoms with van der Waals surface area (Å²) in [6.07, 6.45) is 1.99. The van der Waals surface area contributed by atoms with Gasteiger partial charge in [-0.1, -0.05) is 13.8 Å². The molecule has 0 aliphatic carbocycles. The second-order valence-corrected chi connectivity index (χ2v) is 11.7. The number of rotatable bonds is 1. The van der Waals surface area contributed by atoms with Crippen LogP contribution < -0.4 is 5.32 Å². The number of fused-ring (bicyclic) bond motifs is 3. The zero-order valence-electron chi connectivity index (χ0n) is 22.3. The Morgan fingerprint density at radius 3 is 2.41 bits per heavy atom. The lowest BCUT2D eigenvalue weighted by Gasteiger charge is -2.45. The molecule has 198 valence electrons. The Morgan fingerprint density at radius 1 is 1.15 bits per heavy atom. The van der Waals surface area contributed by atoms with Gasteiger partial charge >= 0.3 is 5.97 Å². The molecule has 0 aromatic rings. The second kappa shape index (κ2) is 10.7. The minimum atomic E-state index is -1.58. The van der Waals surface area contributed by atoms with Crippen molar-refractivity contribution in [2.75, 3.05) is 26.7 Å². The fourth-order valence-corrected chi connectivity index (χ4v) is 6.22. The molecule has 3 fully saturated rings. The topological polar surface area (TPSA) is 100 Å². The summed E-state index contributed by atoms with van der Waals surface area (Å²) in [6.45, 7) is 14.0. The summed E-state index contributed by atoms with van der Waals surface area (Å²) in [6, 6.07) is -0.320. The summed E-state index contributed by atoms with van der Waals surface area (Å²) in [7, 11) is 1.97. The molecule has 1 spiro atoms. The Bertz CT molecular complexity index is 697. The maximum absolute atomic E-state index is 13.3. The lowest BCUT2D eigenvalue weighted by Crippen LogP contribution is -2.59. The quantitative estimate of drug-likeness (QED) is 0.488. The Labute approximate surface area is 205 Å². The third-order valence-corrected chi connectivity index (χ3v) is 8.46. The van der Waals surface area contributed by atoms with E-state index in [0.717, 1.165) is 45.3 Å². The van der Waals surface area contributed by atoms with Gasteiger partial charge in [-0.25, -0.2) is 0 Å². The van der Waals surface area contributed by atoms with E-state index < -0.39 is 35.5 Å². The van der Waals surface area contributed by atoms with Crippen LogP contribution in [0.4, 0.5) is 0 Å². The van der Waals surface area contributed by atoms with Crippen molar-refractivity contribution in [1.82, 2.24) is 10.2 Å². The molecule has 0 radical (unpaired) electrons.